The van der Waals surface area contributed by atoms with Crippen LogP contribution in [0.25, 0.3) is 0 Å². The molecule has 2 fully saturated rings. The van der Waals surface area contributed by atoms with E-state index in [9.17, 15) is 9.59 Å². The van der Waals surface area contributed by atoms with Crippen LogP contribution in [0.1, 0.15) is 32.1 Å². The zero-order valence-electron chi connectivity index (χ0n) is 14.9. The van der Waals surface area contributed by atoms with Crippen molar-refractivity contribution in [2.75, 3.05) is 26.2 Å². The molecular formula is C19H27ClN3O3+. The van der Waals surface area contributed by atoms with Crippen molar-refractivity contribution in [3.8, 4) is 5.75 Å². The maximum atomic E-state index is 12.1. The quantitative estimate of drug-likeness (QED) is 0.666. The van der Waals surface area contributed by atoms with Crippen LogP contribution >= 0.6 is 11.6 Å². The highest BCUT2D eigenvalue weighted by molar-refractivity contribution is 6.30. The molecular weight excluding hydrogens is 354 g/mol. The molecule has 1 saturated carbocycles. The van der Waals surface area contributed by atoms with E-state index in [2.05, 4.69) is 10.9 Å². The summed E-state index contributed by atoms with van der Waals surface area (Å²) in [5.74, 6) is 1.63. The van der Waals surface area contributed by atoms with Gasteiger partial charge in [-0.15, -0.1) is 0 Å². The molecule has 0 bridgehead atoms. The first kappa shape index (κ1) is 19.0. The van der Waals surface area contributed by atoms with Crippen LogP contribution in [0.2, 0.25) is 5.02 Å². The summed E-state index contributed by atoms with van der Waals surface area (Å²) in [4.78, 5) is 25.2. The Balaban J connectivity index is 1.33. The molecule has 26 heavy (non-hydrogen) atoms. The fourth-order valence-corrected chi connectivity index (χ4v) is 4.21. The number of carbonyl (C=O) groups excluding carboxylic acids is 2. The number of amides is 2. The Morgan fingerprint density at radius 2 is 1.73 bits per heavy atom. The SMILES string of the molecule is O=C(COc1ccc(Cl)cc1)NNC(=O)C[NH+]1CC[C@@H]2CCCC[C@@H]2C1. The fourth-order valence-electron chi connectivity index (χ4n) is 4.08. The standard InChI is InChI=1S/C19H26ClN3O3/c20-16-5-7-17(8-6-16)26-13-19(25)22-21-18(24)12-23-10-9-14-3-1-2-4-15(14)11-23/h5-8,14-15H,1-4,9-13H2,(H,21,24)(H,22,25)/p+1/t14-,15+/m0/s1. The Bertz CT molecular complexity index is 623. The van der Waals surface area contributed by atoms with Crippen molar-refractivity contribution in [2.45, 2.75) is 32.1 Å². The number of rotatable bonds is 5. The number of hydrazine groups is 1. The largest absolute Gasteiger partial charge is 0.484 e. The number of benzene rings is 1. The van der Waals surface area contributed by atoms with Gasteiger partial charge in [0.15, 0.2) is 13.2 Å². The summed E-state index contributed by atoms with van der Waals surface area (Å²) >= 11 is 5.79. The lowest BCUT2D eigenvalue weighted by Crippen LogP contribution is -3.15. The van der Waals surface area contributed by atoms with Crippen LogP contribution in [0.4, 0.5) is 0 Å². The van der Waals surface area contributed by atoms with E-state index >= 15 is 0 Å². The number of ether oxygens (including phenoxy) is 1. The van der Waals surface area contributed by atoms with Crippen molar-refractivity contribution in [1.29, 1.82) is 0 Å². The van der Waals surface area contributed by atoms with Crippen LogP contribution in [0, 0.1) is 11.8 Å². The second-order valence-corrected chi connectivity index (χ2v) is 7.75. The molecule has 0 aromatic heterocycles. The van der Waals surface area contributed by atoms with E-state index in [1.54, 1.807) is 24.3 Å². The van der Waals surface area contributed by atoms with Gasteiger partial charge in [-0.3, -0.25) is 20.4 Å². The van der Waals surface area contributed by atoms with Gasteiger partial charge in [-0.1, -0.05) is 24.4 Å². The lowest BCUT2D eigenvalue weighted by molar-refractivity contribution is -0.902. The third-order valence-corrected chi connectivity index (χ3v) is 5.67. The van der Waals surface area contributed by atoms with Crippen LogP contribution in [0.15, 0.2) is 24.3 Å². The van der Waals surface area contributed by atoms with Crippen LogP contribution in [-0.4, -0.2) is 38.1 Å². The number of hydrogen-bond donors (Lipinski definition) is 3. The van der Waals surface area contributed by atoms with E-state index in [1.165, 1.54) is 37.0 Å². The maximum Gasteiger partial charge on any atom is 0.293 e. The number of fused-ring (bicyclic) bond motifs is 1. The van der Waals surface area contributed by atoms with E-state index < -0.39 is 5.91 Å². The molecule has 0 spiro atoms. The zero-order chi connectivity index (χ0) is 18.4. The Kier molecular flexibility index (Phi) is 6.74. The molecule has 1 aliphatic carbocycles. The molecule has 1 saturated heterocycles. The topological polar surface area (TPSA) is 71.9 Å². The summed E-state index contributed by atoms with van der Waals surface area (Å²) in [5, 5.41) is 0.605. The summed E-state index contributed by atoms with van der Waals surface area (Å²) in [6.45, 7) is 2.36. The number of likely N-dealkylation sites (tertiary alicyclic amines) is 1. The molecule has 7 heteroatoms. The first-order valence-corrected chi connectivity index (χ1v) is 9.77. The number of nitrogens with one attached hydrogen (secondary N) is 3. The van der Waals surface area contributed by atoms with Crippen LogP contribution in [0.5, 0.6) is 5.75 Å². The van der Waals surface area contributed by atoms with Crippen molar-refractivity contribution in [2.24, 2.45) is 11.8 Å². The van der Waals surface area contributed by atoms with Crippen LogP contribution in [-0.2, 0) is 9.59 Å². The number of hydrogen-bond acceptors (Lipinski definition) is 3. The Morgan fingerprint density at radius 3 is 2.50 bits per heavy atom. The predicted molar refractivity (Wildman–Crippen MR) is 98.9 cm³/mol. The molecule has 0 radical (unpaired) electrons. The average molecular weight is 381 g/mol. The third-order valence-electron chi connectivity index (χ3n) is 5.42. The van der Waals surface area contributed by atoms with E-state index in [0.29, 0.717) is 17.3 Å². The van der Waals surface area contributed by atoms with E-state index in [-0.39, 0.29) is 12.5 Å². The molecule has 142 valence electrons. The highest BCUT2D eigenvalue weighted by Crippen LogP contribution is 2.32. The lowest BCUT2D eigenvalue weighted by atomic mass is 9.75. The van der Waals surface area contributed by atoms with E-state index in [1.807, 2.05) is 0 Å². The first-order valence-electron chi connectivity index (χ1n) is 9.40. The molecule has 2 aliphatic rings. The van der Waals surface area contributed by atoms with Crippen LogP contribution in [0.3, 0.4) is 0 Å². The van der Waals surface area contributed by atoms with Gasteiger partial charge in [0.2, 0.25) is 0 Å². The highest BCUT2D eigenvalue weighted by Gasteiger charge is 2.34. The summed E-state index contributed by atoms with van der Waals surface area (Å²) in [6.07, 6.45) is 6.56. The fraction of sp³-hybridized carbons (Fsp3) is 0.579. The van der Waals surface area contributed by atoms with Gasteiger partial charge < -0.3 is 9.64 Å². The summed E-state index contributed by atoms with van der Waals surface area (Å²) < 4.78 is 5.34. The normalized spacial score (nSPS) is 25.0. The number of carbonyl (C=O) groups is 2. The second-order valence-electron chi connectivity index (χ2n) is 7.31. The predicted octanol–water partition coefficient (Wildman–Crippen LogP) is 0.961. The zero-order valence-corrected chi connectivity index (χ0v) is 15.7. The van der Waals surface area contributed by atoms with Crippen molar-refractivity contribution in [3.05, 3.63) is 29.3 Å². The Labute approximate surface area is 159 Å². The summed E-state index contributed by atoms with van der Waals surface area (Å²) in [7, 11) is 0. The molecule has 1 aliphatic heterocycles. The minimum absolute atomic E-state index is 0.158. The van der Waals surface area contributed by atoms with Crippen molar-refractivity contribution >= 4 is 23.4 Å². The lowest BCUT2D eigenvalue weighted by Gasteiger charge is -2.38. The Morgan fingerprint density at radius 1 is 1.04 bits per heavy atom. The summed E-state index contributed by atoms with van der Waals surface area (Å²) in [6, 6.07) is 6.75. The van der Waals surface area contributed by atoms with Crippen molar-refractivity contribution < 1.29 is 19.2 Å². The molecule has 1 heterocycles. The van der Waals surface area contributed by atoms with Gasteiger partial charge in [0.05, 0.1) is 13.1 Å². The van der Waals surface area contributed by atoms with Crippen molar-refractivity contribution in [3.63, 3.8) is 0 Å². The molecule has 3 rings (SSSR count). The van der Waals surface area contributed by atoms with Gasteiger partial charge in [-0.05, 0) is 49.4 Å². The van der Waals surface area contributed by atoms with E-state index in [0.717, 1.165) is 24.9 Å². The minimum atomic E-state index is -0.394. The molecule has 1 aromatic carbocycles. The van der Waals surface area contributed by atoms with Gasteiger partial charge in [0.1, 0.15) is 5.75 Å². The Hall–Kier alpha value is -1.79. The molecule has 2 amide bonds. The van der Waals surface area contributed by atoms with Crippen molar-refractivity contribution in [1.82, 2.24) is 10.9 Å². The maximum absolute atomic E-state index is 12.1. The molecule has 3 N–H and O–H groups in total. The smallest absolute Gasteiger partial charge is 0.293 e. The second kappa shape index (κ2) is 9.24. The van der Waals surface area contributed by atoms with Gasteiger partial charge in [-0.2, -0.15) is 0 Å². The molecule has 1 aromatic rings. The molecule has 3 atom stereocenters. The van der Waals surface area contributed by atoms with Gasteiger partial charge in [0.25, 0.3) is 11.8 Å². The van der Waals surface area contributed by atoms with E-state index in [4.69, 9.17) is 16.3 Å². The first-order chi connectivity index (χ1) is 12.6. The number of piperidine rings is 1. The van der Waals surface area contributed by atoms with Gasteiger partial charge >= 0.3 is 0 Å². The summed E-state index contributed by atoms with van der Waals surface area (Å²) in [5.41, 5.74) is 4.89. The number of quaternary nitrogens is 1. The molecule has 1 unspecified atom stereocenters. The van der Waals surface area contributed by atoms with Crippen LogP contribution < -0.4 is 20.5 Å². The minimum Gasteiger partial charge on any atom is -0.484 e. The highest BCUT2D eigenvalue weighted by atomic mass is 35.5. The number of halogens is 1. The van der Waals surface area contributed by atoms with Gasteiger partial charge in [0, 0.05) is 10.9 Å². The van der Waals surface area contributed by atoms with Gasteiger partial charge in [-0.25, -0.2) is 0 Å². The average Bonchev–Trinajstić information content (AvgIpc) is 2.66. The third kappa shape index (κ3) is 5.61. The molecule has 6 nitrogen and oxygen atoms in total. The monoisotopic (exact) mass is 380 g/mol.